The third-order valence-corrected chi connectivity index (χ3v) is 9.80. The molecule has 302 valence electrons. The third kappa shape index (κ3) is 14.6. The maximum absolute atomic E-state index is 14.2. The van der Waals surface area contributed by atoms with Gasteiger partial charge in [0.15, 0.2) is 0 Å². The number of phenols is 2. The van der Waals surface area contributed by atoms with Crippen LogP contribution in [0.25, 0.3) is 0 Å². The SMILES string of the molecule is CC[C@H](C)[C@H](NC(=O)[C@H](Cc1ccc(O)cc1)NC(=O)[C@H](Cc1ccccc1)NC(=O)[C@H](CCSC)NC(=O)[C@H](Cc1ccc(O)cc1)NC(=O)CN)C(=O)O. The van der Waals surface area contributed by atoms with Gasteiger partial charge in [0.2, 0.25) is 29.5 Å². The Morgan fingerprint density at radius 2 is 1.04 bits per heavy atom. The summed E-state index contributed by atoms with van der Waals surface area (Å²) in [7, 11) is 0. The number of nitrogens with one attached hydrogen (secondary N) is 5. The van der Waals surface area contributed by atoms with E-state index in [1.54, 1.807) is 68.4 Å². The molecule has 0 radical (unpaired) electrons. The number of benzene rings is 3. The number of aromatic hydroxyl groups is 2. The normalized spacial score (nSPS) is 14.1. The zero-order valence-corrected chi connectivity index (χ0v) is 32.5. The lowest BCUT2D eigenvalue weighted by Gasteiger charge is -2.28. The summed E-state index contributed by atoms with van der Waals surface area (Å²) in [6.45, 7) is 3.10. The maximum Gasteiger partial charge on any atom is 0.326 e. The van der Waals surface area contributed by atoms with E-state index in [0.29, 0.717) is 28.9 Å². The molecule has 0 aliphatic carbocycles. The Balaban J connectivity index is 1.92. The van der Waals surface area contributed by atoms with Crippen molar-refractivity contribution in [3.05, 3.63) is 95.6 Å². The molecule has 15 nitrogen and oxygen atoms in total. The molecule has 56 heavy (non-hydrogen) atoms. The molecule has 0 aromatic heterocycles. The molecule has 0 saturated carbocycles. The number of carbonyl (C=O) groups is 6. The van der Waals surface area contributed by atoms with Gasteiger partial charge in [-0.25, -0.2) is 4.79 Å². The minimum Gasteiger partial charge on any atom is -0.508 e. The quantitative estimate of drug-likeness (QED) is 0.0704. The van der Waals surface area contributed by atoms with Crippen LogP contribution in [0, 0.1) is 5.92 Å². The van der Waals surface area contributed by atoms with Gasteiger partial charge >= 0.3 is 5.97 Å². The first-order valence-electron chi connectivity index (χ1n) is 18.3. The van der Waals surface area contributed by atoms with Crippen LogP contribution in [-0.4, -0.2) is 99.6 Å². The molecule has 0 bridgehead atoms. The molecule has 5 amide bonds. The molecule has 6 atom stereocenters. The largest absolute Gasteiger partial charge is 0.508 e. The van der Waals surface area contributed by atoms with Crippen molar-refractivity contribution >= 4 is 47.3 Å². The smallest absolute Gasteiger partial charge is 0.326 e. The van der Waals surface area contributed by atoms with E-state index in [4.69, 9.17) is 5.73 Å². The van der Waals surface area contributed by atoms with E-state index in [-0.39, 0.29) is 43.7 Å². The van der Waals surface area contributed by atoms with Gasteiger partial charge in [-0.15, -0.1) is 0 Å². The summed E-state index contributed by atoms with van der Waals surface area (Å²) < 4.78 is 0. The fourth-order valence-corrected chi connectivity index (χ4v) is 6.20. The number of carbonyl (C=O) groups excluding carboxylic acids is 5. The Hall–Kier alpha value is -5.61. The Bertz CT molecular complexity index is 1760. The molecule has 0 fully saturated rings. The highest BCUT2D eigenvalue weighted by Gasteiger charge is 2.34. The van der Waals surface area contributed by atoms with Gasteiger partial charge in [0.25, 0.3) is 0 Å². The van der Waals surface area contributed by atoms with Crippen LogP contribution in [0.2, 0.25) is 0 Å². The molecule has 16 heteroatoms. The molecular formula is C40H52N6O9S. The van der Waals surface area contributed by atoms with Crippen LogP contribution in [0.5, 0.6) is 11.5 Å². The molecular weight excluding hydrogens is 741 g/mol. The number of thioether (sulfide) groups is 1. The highest BCUT2D eigenvalue weighted by atomic mass is 32.2. The molecule has 3 rings (SSSR count). The highest BCUT2D eigenvalue weighted by molar-refractivity contribution is 7.98. The van der Waals surface area contributed by atoms with Gasteiger partial charge < -0.3 is 47.6 Å². The number of rotatable bonds is 22. The van der Waals surface area contributed by atoms with E-state index in [1.165, 1.54) is 36.0 Å². The Morgan fingerprint density at radius 1 is 0.625 bits per heavy atom. The van der Waals surface area contributed by atoms with Crippen molar-refractivity contribution in [2.45, 2.75) is 76.2 Å². The van der Waals surface area contributed by atoms with Gasteiger partial charge in [-0.05, 0) is 65.3 Å². The van der Waals surface area contributed by atoms with E-state index >= 15 is 0 Å². The summed E-state index contributed by atoms with van der Waals surface area (Å²) in [6, 6.07) is 14.8. The first-order valence-corrected chi connectivity index (χ1v) is 19.7. The van der Waals surface area contributed by atoms with Gasteiger partial charge in [-0.2, -0.15) is 11.8 Å². The van der Waals surface area contributed by atoms with Crippen LogP contribution in [0.15, 0.2) is 78.9 Å². The summed E-state index contributed by atoms with van der Waals surface area (Å²) in [5.74, 6) is -4.67. The van der Waals surface area contributed by atoms with Crippen molar-refractivity contribution < 1.29 is 44.1 Å². The summed E-state index contributed by atoms with van der Waals surface area (Å²) in [4.78, 5) is 80.0. The van der Waals surface area contributed by atoms with Gasteiger partial charge in [-0.1, -0.05) is 74.9 Å². The van der Waals surface area contributed by atoms with Crippen molar-refractivity contribution in [2.24, 2.45) is 11.7 Å². The standard InChI is InChI=1S/C40H52N6O9S/c1-4-24(2)35(40(54)55)46-39(53)33(22-27-12-16-29(48)17-13-27)45-38(52)32(20-25-8-6-5-7-9-25)44-36(50)30(18-19-56-3)43-37(51)31(42-34(49)23-41)21-26-10-14-28(47)15-11-26/h5-17,24,30-33,35,47-48H,4,18-23,41H2,1-3H3,(H,42,49)(H,43,51)(H,44,50)(H,45,52)(H,46,53)(H,54,55)/t24-,30-,31-,32-,33-,35-/m0/s1. The van der Waals surface area contributed by atoms with Crippen LogP contribution in [0.3, 0.4) is 0 Å². The van der Waals surface area contributed by atoms with Crippen LogP contribution in [0.1, 0.15) is 43.4 Å². The van der Waals surface area contributed by atoms with Gasteiger partial charge in [0.1, 0.15) is 41.7 Å². The molecule has 0 unspecified atom stereocenters. The monoisotopic (exact) mass is 792 g/mol. The lowest BCUT2D eigenvalue weighted by Crippen LogP contribution is -2.60. The molecule has 0 spiro atoms. The number of phenolic OH excluding ortho intramolecular Hbond substituents is 2. The van der Waals surface area contributed by atoms with Crippen LogP contribution >= 0.6 is 11.8 Å². The third-order valence-electron chi connectivity index (χ3n) is 9.16. The number of carboxylic acid groups (broad SMARTS) is 1. The summed E-state index contributed by atoms with van der Waals surface area (Å²) in [6.07, 6.45) is 2.40. The second-order valence-corrected chi connectivity index (χ2v) is 14.4. The molecule has 3 aromatic rings. The van der Waals surface area contributed by atoms with E-state index < -0.39 is 71.6 Å². The number of nitrogens with two attached hydrogens (primary N) is 1. The topological polar surface area (TPSA) is 249 Å². The lowest BCUT2D eigenvalue weighted by molar-refractivity contribution is -0.143. The number of amides is 5. The van der Waals surface area contributed by atoms with E-state index in [0.717, 1.165) is 0 Å². The van der Waals surface area contributed by atoms with Gasteiger partial charge in [0, 0.05) is 19.3 Å². The predicted octanol–water partition coefficient (Wildman–Crippen LogP) is 1.39. The zero-order valence-electron chi connectivity index (χ0n) is 31.7. The fourth-order valence-electron chi connectivity index (χ4n) is 5.72. The lowest BCUT2D eigenvalue weighted by atomic mass is 9.97. The minimum absolute atomic E-state index is 0.00416. The number of hydrogen-bond donors (Lipinski definition) is 9. The molecule has 0 aliphatic rings. The van der Waals surface area contributed by atoms with Crippen LogP contribution < -0.4 is 32.3 Å². The molecule has 3 aromatic carbocycles. The highest BCUT2D eigenvalue weighted by Crippen LogP contribution is 2.15. The number of hydrogen-bond acceptors (Lipinski definition) is 10. The second kappa shape index (κ2) is 22.7. The number of carboxylic acids is 1. The van der Waals surface area contributed by atoms with E-state index in [1.807, 2.05) is 6.26 Å². The van der Waals surface area contributed by atoms with Crippen molar-refractivity contribution in [1.82, 2.24) is 26.6 Å². The number of aliphatic carboxylic acids is 1. The summed E-state index contributed by atoms with van der Waals surface area (Å²) >= 11 is 1.43. The average Bonchev–Trinajstić information content (AvgIpc) is 3.18. The zero-order chi connectivity index (χ0) is 41.2. The molecule has 0 saturated heterocycles. The average molecular weight is 793 g/mol. The predicted molar refractivity (Wildman–Crippen MR) is 213 cm³/mol. The van der Waals surface area contributed by atoms with Gasteiger partial charge in [-0.3, -0.25) is 24.0 Å². The van der Waals surface area contributed by atoms with E-state index in [2.05, 4.69) is 26.6 Å². The maximum atomic E-state index is 14.2. The Morgan fingerprint density at radius 3 is 1.46 bits per heavy atom. The minimum atomic E-state index is -1.29. The van der Waals surface area contributed by atoms with Crippen molar-refractivity contribution in [2.75, 3.05) is 18.6 Å². The fraction of sp³-hybridized carbons (Fsp3) is 0.400. The van der Waals surface area contributed by atoms with Crippen LogP contribution in [0.4, 0.5) is 0 Å². The summed E-state index contributed by atoms with van der Waals surface area (Å²) in [5.41, 5.74) is 7.37. The van der Waals surface area contributed by atoms with E-state index in [9.17, 15) is 44.1 Å². The second-order valence-electron chi connectivity index (χ2n) is 13.4. The van der Waals surface area contributed by atoms with Crippen molar-refractivity contribution in [3.8, 4) is 11.5 Å². The van der Waals surface area contributed by atoms with Crippen molar-refractivity contribution in [3.63, 3.8) is 0 Å². The molecule has 0 heterocycles. The van der Waals surface area contributed by atoms with Crippen molar-refractivity contribution in [1.29, 1.82) is 0 Å². The first kappa shape index (κ1) is 44.8. The summed E-state index contributed by atoms with van der Waals surface area (Å²) in [5, 5.41) is 42.7. The Kier molecular flexibility index (Phi) is 18.1. The molecule has 0 aliphatic heterocycles. The molecule has 10 N–H and O–H groups in total. The Labute approximate surface area is 330 Å². The van der Waals surface area contributed by atoms with Crippen LogP contribution in [-0.2, 0) is 48.0 Å². The van der Waals surface area contributed by atoms with Gasteiger partial charge in [0.05, 0.1) is 6.54 Å². The first-order chi connectivity index (χ1) is 26.7.